The van der Waals surface area contributed by atoms with Gasteiger partial charge in [-0.2, -0.15) is 8.78 Å². The quantitative estimate of drug-likeness (QED) is 0.867. The molecule has 0 bridgehead atoms. The number of carbonyl (C=O) groups is 1. The van der Waals surface area contributed by atoms with Crippen LogP contribution in [-0.2, 0) is 11.3 Å². The van der Waals surface area contributed by atoms with Gasteiger partial charge in [0.2, 0.25) is 5.91 Å². The van der Waals surface area contributed by atoms with Crippen molar-refractivity contribution < 1.29 is 18.3 Å². The van der Waals surface area contributed by atoms with Crippen molar-refractivity contribution in [1.82, 2.24) is 5.32 Å². The largest absolute Gasteiger partial charge is 0.434 e. The number of amides is 1. The highest BCUT2D eigenvalue weighted by molar-refractivity contribution is 9.10. The molecular formula is C12H13BrF2N2O2. The first-order valence-corrected chi connectivity index (χ1v) is 6.50. The predicted molar refractivity (Wildman–Crippen MR) is 68.8 cm³/mol. The molecule has 104 valence electrons. The van der Waals surface area contributed by atoms with E-state index in [2.05, 4.69) is 26.0 Å². The van der Waals surface area contributed by atoms with Crippen molar-refractivity contribution in [2.45, 2.75) is 31.5 Å². The Balaban J connectivity index is 2.05. The number of rotatable bonds is 5. The van der Waals surface area contributed by atoms with Gasteiger partial charge in [-0.25, -0.2) is 0 Å². The number of alkyl halides is 2. The molecule has 0 spiro atoms. The molecule has 4 nitrogen and oxygen atoms in total. The van der Waals surface area contributed by atoms with Crippen LogP contribution in [0.25, 0.3) is 0 Å². The molecule has 0 radical (unpaired) electrons. The Labute approximate surface area is 117 Å². The minimum atomic E-state index is -2.90. The molecule has 2 rings (SSSR count). The Hall–Kier alpha value is -1.21. The zero-order valence-corrected chi connectivity index (χ0v) is 11.5. The van der Waals surface area contributed by atoms with E-state index in [4.69, 9.17) is 5.73 Å². The molecule has 1 fully saturated rings. The predicted octanol–water partition coefficient (Wildman–Crippen LogP) is 2.16. The summed E-state index contributed by atoms with van der Waals surface area (Å²) in [6.45, 7) is -2.81. The summed E-state index contributed by atoms with van der Waals surface area (Å²) in [6.07, 6.45) is 1.30. The Bertz CT molecular complexity index is 493. The van der Waals surface area contributed by atoms with Gasteiger partial charge in [0.1, 0.15) is 5.75 Å². The summed E-state index contributed by atoms with van der Waals surface area (Å²) in [4.78, 5) is 11.7. The van der Waals surface area contributed by atoms with Crippen LogP contribution < -0.4 is 15.8 Å². The van der Waals surface area contributed by atoms with Crippen LogP contribution in [0.15, 0.2) is 22.7 Å². The van der Waals surface area contributed by atoms with Crippen molar-refractivity contribution in [3.05, 3.63) is 28.2 Å². The highest BCUT2D eigenvalue weighted by Gasteiger charge is 2.45. The molecular weight excluding hydrogens is 322 g/mol. The van der Waals surface area contributed by atoms with Crippen molar-refractivity contribution in [3.63, 3.8) is 0 Å². The van der Waals surface area contributed by atoms with Gasteiger partial charge in [0.25, 0.3) is 0 Å². The van der Waals surface area contributed by atoms with Crippen LogP contribution in [0, 0.1) is 0 Å². The topological polar surface area (TPSA) is 64.4 Å². The number of carbonyl (C=O) groups excluding carboxylic acids is 1. The summed E-state index contributed by atoms with van der Waals surface area (Å²) < 4.78 is 29.6. The highest BCUT2D eigenvalue weighted by Crippen LogP contribution is 2.32. The zero-order valence-electron chi connectivity index (χ0n) is 9.96. The van der Waals surface area contributed by atoms with Crippen LogP contribution in [0.1, 0.15) is 18.4 Å². The van der Waals surface area contributed by atoms with E-state index in [-0.39, 0.29) is 18.2 Å². The lowest BCUT2D eigenvalue weighted by Gasteiger charge is -2.14. The van der Waals surface area contributed by atoms with Crippen molar-refractivity contribution in [1.29, 1.82) is 0 Å². The summed E-state index contributed by atoms with van der Waals surface area (Å²) >= 11 is 3.24. The fourth-order valence-electron chi connectivity index (χ4n) is 1.61. The average molecular weight is 335 g/mol. The van der Waals surface area contributed by atoms with Gasteiger partial charge >= 0.3 is 6.61 Å². The third-order valence-corrected chi connectivity index (χ3v) is 3.41. The van der Waals surface area contributed by atoms with Gasteiger partial charge in [-0.15, -0.1) is 0 Å². The fourth-order valence-corrected chi connectivity index (χ4v) is 2.02. The lowest BCUT2D eigenvalue weighted by atomic mass is 10.2. The number of halogens is 3. The van der Waals surface area contributed by atoms with Crippen LogP contribution in [0.5, 0.6) is 5.75 Å². The maximum Gasteiger partial charge on any atom is 0.387 e. The van der Waals surface area contributed by atoms with Crippen LogP contribution in [-0.4, -0.2) is 18.1 Å². The van der Waals surface area contributed by atoms with Crippen molar-refractivity contribution in [2.24, 2.45) is 5.73 Å². The Kier molecular flexibility index (Phi) is 4.05. The second-order valence-electron chi connectivity index (χ2n) is 4.47. The number of hydrogen-bond acceptors (Lipinski definition) is 3. The Morgan fingerprint density at radius 3 is 2.79 bits per heavy atom. The van der Waals surface area contributed by atoms with Crippen molar-refractivity contribution in [2.75, 3.05) is 0 Å². The molecule has 3 N–H and O–H groups in total. The first-order valence-electron chi connectivity index (χ1n) is 5.71. The molecule has 1 amide bonds. The van der Waals surface area contributed by atoms with Gasteiger partial charge in [0.05, 0.1) is 5.54 Å². The van der Waals surface area contributed by atoms with E-state index >= 15 is 0 Å². The second kappa shape index (κ2) is 5.42. The molecule has 1 aromatic carbocycles. The summed E-state index contributed by atoms with van der Waals surface area (Å²) in [7, 11) is 0. The third-order valence-electron chi connectivity index (χ3n) is 2.92. The molecule has 0 heterocycles. The molecule has 0 saturated heterocycles. The van der Waals surface area contributed by atoms with Crippen LogP contribution in [0.2, 0.25) is 0 Å². The van der Waals surface area contributed by atoms with Gasteiger partial charge in [-0.05, 0) is 31.0 Å². The van der Waals surface area contributed by atoms with Gasteiger partial charge in [0, 0.05) is 16.6 Å². The summed E-state index contributed by atoms with van der Waals surface area (Å²) in [5, 5.41) is 2.63. The molecule has 1 saturated carbocycles. The van der Waals surface area contributed by atoms with Gasteiger partial charge < -0.3 is 15.8 Å². The first-order chi connectivity index (χ1) is 8.90. The number of nitrogens with one attached hydrogen (secondary N) is 1. The lowest BCUT2D eigenvalue weighted by Crippen LogP contribution is -2.42. The second-order valence-corrected chi connectivity index (χ2v) is 5.39. The van der Waals surface area contributed by atoms with Gasteiger partial charge in [-0.3, -0.25) is 4.79 Å². The first kappa shape index (κ1) is 14.2. The van der Waals surface area contributed by atoms with E-state index in [0.29, 0.717) is 22.9 Å². The summed E-state index contributed by atoms with van der Waals surface area (Å²) in [5.74, 6) is -0.226. The fraction of sp³-hybridized carbons (Fsp3) is 0.417. The smallest absolute Gasteiger partial charge is 0.387 e. The molecule has 19 heavy (non-hydrogen) atoms. The molecule has 1 aliphatic rings. The lowest BCUT2D eigenvalue weighted by molar-refractivity contribution is -0.123. The number of benzene rings is 1. The zero-order chi connectivity index (χ0) is 14.0. The van der Waals surface area contributed by atoms with Gasteiger partial charge in [-0.1, -0.05) is 15.9 Å². The normalized spacial score (nSPS) is 16.3. The molecule has 0 aliphatic heterocycles. The van der Waals surface area contributed by atoms with Crippen LogP contribution in [0.4, 0.5) is 8.78 Å². The Morgan fingerprint density at radius 1 is 1.53 bits per heavy atom. The minimum Gasteiger partial charge on any atom is -0.434 e. The average Bonchev–Trinajstić information content (AvgIpc) is 3.08. The van der Waals surface area contributed by atoms with Crippen LogP contribution in [0.3, 0.4) is 0 Å². The van der Waals surface area contributed by atoms with Crippen molar-refractivity contribution in [3.8, 4) is 5.75 Å². The number of hydrogen-bond donors (Lipinski definition) is 2. The summed E-state index contributed by atoms with van der Waals surface area (Å²) in [6, 6.07) is 4.63. The Morgan fingerprint density at radius 2 is 2.21 bits per heavy atom. The SMILES string of the molecule is NC1(C(=O)NCc2cc(Br)ccc2OC(F)F)CC1. The van der Waals surface area contributed by atoms with Crippen LogP contribution >= 0.6 is 15.9 Å². The van der Waals surface area contributed by atoms with E-state index in [0.717, 1.165) is 0 Å². The molecule has 0 unspecified atom stereocenters. The molecule has 0 atom stereocenters. The number of ether oxygens (including phenoxy) is 1. The van der Waals surface area contributed by atoms with E-state index in [1.807, 2.05) is 0 Å². The molecule has 1 aromatic rings. The van der Waals surface area contributed by atoms with E-state index in [1.54, 1.807) is 12.1 Å². The molecule has 1 aliphatic carbocycles. The third kappa shape index (κ3) is 3.63. The van der Waals surface area contributed by atoms with E-state index < -0.39 is 12.2 Å². The van der Waals surface area contributed by atoms with E-state index in [1.165, 1.54) is 6.07 Å². The maximum absolute atomic E-state index is 12.3. The van der Waals surface area contributed by atoms with Gasteiger partial charge in [0.15, 0.2) is 0 Å². The van der Waals surface area contributed by atoms with E-state index in [9.17, 15) is 13.6 Å². The molecule has 7 heteroatoms. The molecule has 0 aromatic heterocycles. The monoisotopic (exact) mass is 334 g/mol. The number of nitrogens with two attached hydrogens (primary N) is 1. The van der Waals surface area contributed by atoms with Crippen molar-refractivity contribution >= 4 is 21.8 Å². The summed E-state index contributed by atoms with van der Waals surface area (Å²) in [5.41, 5.74) is 5.41. The highest BCUT2D eigenvalue weighted by atomic mass is 79.9. The maximum atomic E-state index is 12.3. The minimum absolute atomic E-state index is 0.0420. The standard InChI is InChI=1S/C12H13BrF2N2O2/c13-8-1-2-9(19-11(14)15)7(5-8)6-17-10(18)12(16)3-4-12/h1-2,5,11H,3-4,6,16H2,(H,17,18).